The van der Waals surface area contributed by atoms with Gasteiger partial charge in [0.15, 0.2) is 0 Å². The van der Waals surface area contributed by atoms with Crippen molar-refractivity contribution < 1.29 is 13.0 Å². The second-order valence-electron chi connectivity index (χ2n) is 4.18. The molecule has 1 N–H and O–H groups in total. The number of aryl methyl sites for hydroxylation is 1. The molecule has 0 radical (unpaired) electrons. The van der Waals surface area contributed by atoms with Crippen LogP contribution in [0.15, 0.2) is 47.4 Å². The first-order valence-electron chi connectivity index (χ1n) is 5.57. The average Bonchev–Trinajstić information content (AvgIpc) is 2.38. The summed E-state index contributed by atoms with van der Waals surface area (Å²) in [6, 6.07) is 11.7. The summed E-state index contributed by atoms with van der Waals surface area (Å²) in [6.07, 6.45) is 5.35. The molecule has 0 saturated carbocycles. The van der Waals surface area contributed by atoms with Gasteiger partial charge in [-0.2, -0.15) is 8.42 Å². The van der Waals surface area contributed by atoms with E-state index in [1.165, 1.54) is 12.1 Å². The van der Waals surface area contributed by atoms with E-state index in [0.717, 1.165) is 16.7 Å². The van der Waals surface area contributed by atoms with Crippen molar-refractivity contribution in [2.45, 2.75) is 11.8 Å². The lowest BCUT2D eigenvalue weighted by Crippen LogP contribution is -1.99. The smallest absolute Gasteiger partial charge is 0.282 e. The predicted octanol–water partition coefficient (Wildman–Crippen LogP) is 2.89. The minimum atomic E-state index is -4.21. The van der Waals surface area contributed by atoms with E-state index in [9.17, 15) is 8.42 Å². The van der Waals surface area contributed by atoms with Crippen LogP contribution in [0.3, 0.4) is 0 Å². The van der Waals surface area contributed by atoms with Crippen LogP contribution in [0.1, 0.15) is 11.1 Å². The van der Waals surface area contributed by atoms with Gasteiger partial charge in [0, 0.05) is 5.56 Å². The molecule has 0 heterocycles. The van der Waals surface area contributed by atoms with Gasteiger partial charge in [-0.15, -0.1) is 6.42 Å². The lowest BCUT2D eigenvalue weighted by atomic mass is 9.99. The number of hydrogen-bond acceptors (Lipinski definition) is 2. The highest BCUT2D eigenvalue weighted by molar-refractivity contribution is 7.85. The molecule has 2 aromatic carbocycles. The van der Waals surface area contributed by atoms with Gasteiger partial charge in [0.25, 0.3) is 10.1 Å². The Morgan fingerprint density at radius 3 is 2.53 bits per heavy atom. The van der Waals surface area contributed by atoms with E-state index in [0.29, 0.717) is 5.56 Å². The van der Waals surface area contributed by atoms with Crippen molar-refractivity contribution in [3.63, 3.8) is 0 Å². The zero-order valence-corrected chi connectivity index (χ0v) is 11.1. The van der Waals surface area contributed by atoms with Gasteiger partial charge < -0.3 is 0 Å². The third kappa shape index (κ3) is 2.84. The molecule has 0 saturated heterocycles. The maximum absolute atomic E-state index is 11.2. The molecular weight excluding hydrogens is 260 g/mol. The summed E-state index contributed by atoms with van der Waals surface area (Å²) in [5, 5.41) is 0. The fourth-order valence-electron chi connectivity index (χ4n) is 1.85. The van der Waals surface area contributed by atoms with E-state index < -0.39 is 10.1 Å². The summed E-state index contributed by atoms with van der Waals surface area (Å²) < 4.78 is 31.4. The standard InChI is InChI=1S/C15H12O3S/c1-3-12-5-4-6-13(9-12)15-10-14(19(16,17)18)8-7-11(15)2/h1,4-10H,2H3,(H,16,17,18). The van der Waals surface area contributed by atoms with Crippen LogP contribution in [0.2, 0.25) is 0 Å². The molecule has 2 aromatic rings. The van der Waals surface area contributed by atoms with Crippen LogP contribution in [-0.4, -0.2) is 13.0 Å². The third-order valence-electron chi connectivity index (χ3n) is 2.85. The van der Waals surface area contributed by atoms with Gasteiger partial charge in [-0.25, -0.2) is 0 Å². The maximum atomic E-state index is 11.2. The monoisotopic (exact) mass is 272 g/mol. The molecule has 0 fully saturated rings. The Kier molecular flexibility index (Phi) is 3.43. The minimum Gasteiger partial charge on any atom is -0.282 e. The summed E-state index contributed by atoms with van der Waals surface area (Å²) >= 11 is 0. The maximum Gasteiger partial charge on any atom is 0.294 e. The van der Waals surface area contributed by atoms with Crippen LogP contribution >= 0.6 is 0 Å². The van der Waals surface area contributed by atoms with E-state index in [4.69, 9.17) is 11.0 Å². The van der Waals surface area contributed by atoms with Crippen LogP contribution in [0.5, 0.6) is 0 Å². The van der Waals surface area contributed by atoms with Crippen LogP contribution in [0.4, 0.5) is 0 Å². The molecule has 0 atom stereocenters. The SMILES string of the molecule is C#Cc1cccc(-c2cc(S(=O)(=O)O)ccc2C)c1. The van der Waals surface area contributed by atoms with E-state index in [1.54, 1.807) is 18.2 Å². The largest absolute Gasteiger partial charge is 0.294 e. The molecule has 2 rings (SSSR count). The summed E-state index contributed by atoms with van der Waals surface area (Å²) in [5.74, 6) is 2.53. The molecule has 0 spiro atoms. The number of hydrogen-bond donors (Lipinski definition) is 1. The summed E-state index contributed by atoms with van der Waals surface area (Å²) in [7, 11) is -4.21. The summed E-state index contributed by atoms with van der Waals surface area (Å²) in [4.78, 5) is -0.126. The van der Waals surface area contributed by atoms with Crippen molar-refractivity contribution in [1.29, 1.82) is 0 Å². The normalized spacial score (nSPS) is 11.0. The predicted molar refractivity (Wildman–Crippen MR) is 74.4 cm³/mol. The van der Waals surface area contributed by atoms with Crippen molar-refractivity contribution >= 4 is 10.1 Å². The molecule has 0 amide bonds. The molecule has 0 unspecified atom stereocenters. The van der Waals surface area contributed by atoms with Crippen LogP contribution in [0.25, 0.3) is 11.1 Å². The highest BCUT2D eigenvalue weighted by Crippen LogP contribution is 2.26. The quantitative estimate of drug-likeness (QED) is 0.675. The van der Waals surface area contributed by atoms with E-state index in [2.05, 4.69) is 5.92 Å². The molecule has 3 nitrogen and oxygen atoms in total. The van der Waals surface area contributed by atoms with Gasteiger partial charge in [0.05, 0.1) is 4.90 Å². The first-order chi connectivity index (χ1) is 8.91. The van der Waals surface area contributed by atoms with Crippen molar-refractivity contribution in [2.24, 2.45) is 0 Å². The Morgan fingerprint density at radius 2 is 1.89 bits per heavy atom. The summed E-state index contributed by atoms with van der Waals surface area (Å²) in [5.41, 5.74) is 3.17. The number of rotatable bonds is 2. The molecule has 96 valence electrons. The molecule has 4 heteroatoms. The highest BCUT2D eigenvalue weighted by atomic mass is 32.2. The van der Waals surface area contributed by atoms with Crippen molar-refractivity contribution in [2.75, 3.05) is 0 Å². The second-order valence-corrected chi connectivity index (χ2v) is 5.60. The van der Waals surface area contributed by atoms with Crippen molar-refractivity contribution in [3.05, 3.63) is 53.6 Å². The zero-order valence-electron chi connectivity index (χ0n) is 10.3. The lowest BCUT2D eigenvalue weighted by molar-refractivity contribution is 0.483. The van der Waals surface area contributed by atoms with Gasteiger partial charge in [-0.1, -0.05) is 24.1 Å². The molecule has 19 heavy (non-hydrogen) atoms. The Morgan fingerprint density at radius 1 is 1.16 bits per heavy atom. The number of terminal acetylenes is 1. The van der Waals surface area contributed by atoms with Crippen LogP contribution < -0.4 is 0 Å². The second kappa shape index (κ2) is 4.88. The summed E-state index contributed by atoms with van der Waals surface area (Å²) in [6.45, 7) is 1.87. The van der Waals surface area contributed by atoms with E-state index in [1.807, 2.05) is 19.1 Å². The zero-order chi connectivity index (χ0) is 14.0. The lowest BCUT2D eigenvalue weighted by Gasteiger charge is -2.08. The molecular formula is C15H12O3S. The Labute approximate surface area is 112 Å². The fraction of sp³-hybridized carbons (Fsp3) is 0.0667. The molecule has 0 aromatic heterocycles. The fourth-order valence-corrected chi connectivity index (χ4v) is 2.36. The average molecular weight is 272 g/mol. The van der Waals surface area contributed by atoms with Gasteiger partial charge in [0.1, 0.15) is 0 Å². The topological polar surface area (TPSA) is 54.4 Å². The first kappa shape index (κ1) is 13.3. The Balaban J connectivity index is 2.65. The van der Waals surface area contributed by atoms with Gasteiger partial charge in [-0.3, -0.25) is 4.55 Å². The molecule has 0 aliphatic carbocycles. The minimum absolute atomic E-state index is 0.126. The highest BCUT2D eigenvalue weighted by Gasteiger charge is 2.12. The van der Waals surface area contributed by atoms with Crippen molar-refractivity contribution in [3.8, 4) is 23.5 Å². The van der Waals surface area contributed by atoms with Crippen LogP contribution in [0, 0.1) is 19.3 Å². The Bertz CT molecular complexity index is 768. The third-order valence-corrected chi connectivity index (χ3v) is 3.70. The molecule has 0 bridgehead atoms. The molecule has 0 aliphatic heterocycles. The Hall–Kier alpha value is -2.09. The van der Waals surface area contributed by atoms with Gasteiger partial charge >= 0.3 is 0 Å². The van der Waals surface area contributed by atoms with Gasteiger partial charge in [-0.05, 0) is 47.9 Å². The van der Waals surface area contributed by atoms with Crippen molar-refractivity contribution in [1.82, 2.24) is 0 Å². The van der Waals surface area contributed by atoms with E-state index in [-0.39, 0.29) is 4.90 Å². The van der Waals surface area contributed by atoms with E-state index >= 15 is 0 Å². The first-order valence-corrected chi connectivity index (χ1v) is 7.01. The van der Waals surface area contributed by atoms with Crippen LogP contribution in [-0.2, 0) is 10.1 Å². The molecule has 0 aliphatic rings. The van der Waals surface area contributed by atoms with Gasteiger partial charge in [0.2, 0.25) is 0 Å². The number of benzene rings is 2.